The van der Waals surface area contributed by atoms with Gasteiger partial charge < -0.3 is 4.74 Å². The summed E-state index contributed by atoms with van der Waals surface area (Å²) in [5, 5.41) is 10.7. The molecule has 2 heterocycles. The zero-order valence-electron chi connectivity index (χ0n) is 15.9. The van der Waals surface area contributed by atoms with Gasteiger partial charge in [0.2, 0.25) is 0 Å². The van der Waals surface area contributed by atoms with Gasteiger partial charge in [-0.05, 0) is 42.0 Å². The number of hydrogen-bond donors (Lipinski definition) is 0. The molecule has 0 aliphatic rings. The smallest absolute Gasteiger partial charge is 0.312 e. The number of carbonyl (C=O) groups is 1. The lowest BCUT2D eigenvalue weighted by Gasteiger charge is -2.06. The average molecular weight is 429 g/mol. The minimum absolute atomic E-state index is 0.115. The van der Waals surface area contributed by atoms with E-state index in [1.54, 1.807) is 34.7 Å². The predicted molar refractivity (Wildman–Crippen MR) is 113 cm³/mol. The topological polar surface area (TPSA) is 61.9 Å². The molecule has 4 aromatic rings. The maximum absolute atomic E-state index is 12.3. The van der Waals surface area contributed by atoms with Crippen molar-refractivity contribution >= 4 is 40.1 Å². The monoisotopic (exact) mass is 428 g/mol. The predicted octanol–water partition coefficient (Wildman–Crippen LogP) is 4.57. The van der Waals surface area contributed by atoms with Crippen molar-refractivity contribution in [1.29, 1.82) is 0 Å². The molecule has 0 aliphatic carbocycles. The first-order valence-electron chi connectivity index (χ1n) is 8.95. The van der Waals surface area contributed by atoms with Crippen LogP contribution in [0, 0.1) is 0 Å². The van der Waals surface area contributed by atoms with E-state index in [9.17, 15) is 4.79 Å². The lowest BCUT2D eigenvalue weighted by atomic mass is 10.1. The molecule has 0 unspecified atom stereocenters. The number of aromatic nitrogens is 4. The van der Waals surface area contributed by atoms with Gasteiger partial charge in [0.25, 0.3) is 0 Å². The van der Waals surface area contributed by atoms with Gasteiger partial charge in [-0.3, -0.25) is 14.2 Å². The van der Waals surface area contributed by atoms with E-state index in [4.69, 9.17) is 27.9 Å². The quantitative estimate of drug-likeness (QED) is 0.436. The molecule has 29 heavy (non-hydrogen) atoms. The van der Waals surface area contributed by atoms with Crippen molar-refractivity contribution in [2.24, 2.45) is 14.1 Å². The van der Waals surface area contributed by atoms with Gasteiger partial charge in [0.1, 0.15) is 6.61 Å². The Kier molecular flexibility index (Phi) is 5.30. The van der Waals surface area contributed by atoms with Crippen molar-refractivity contribution in [1.82, 2.24) is 19.6 Å². The Balaban J connectivity index is 1.43. The Morgan fingerprint density at radius 1 is 1.07 bits per heavy atom. The third kappa shape index (κ3) is 4.13. The van der Waals surface area contributed by atoms with Gasteiger partial charge in [0.05, 0.1) is 28.9 Å². The number of hydrogen-bond acceptors (Lipinski definition) is 4. The summed E-state index contributed by atoms with van der Waals surface area (Å²) in [6.45, 7) is 0.206. The van der Waals surface area contributed by atoms with Gasteiger partial charge in [-0.1, -0.05) is 29.3 Å². The highest BCUT2D eigenvalue weighted by atomic mass is 35.5. The number of esters is 1. The molecule has 0 radical (unpaired) electrons. The molecular weight excluding hydrogens is 411 g/mol. The molecule has 0 bridgehead atoms. The maximum Gasteiger partial charge on any atom is 0.312 e. The third-order valence-electron chi connectivity index (χ3n) is 4.72. The zero-order valence-corrected chi connectivity index (χ0v) is 17.4. The fourth-order valence-electron chi connectivity index (χ4n) is 3.17. The summed E-state index contributed by atoms with van der Waals surface area (Å²) in [5.74, 6) is -0.326. The molecule has 6 nitrogen and oxygen atoms in total. The summed E-state index contributed by atoms with van der Waals surface area (Å²) in [7, 11) is 3.67. The molecule has 0 amide bonds. The first-order chi connectivity index (χ1) is 13.9. The lowest BCUT2D eigenvalue weighted by Crippen LogP contribution is -2.11. The van der Waals surface area contributed by atoms with Gasteiger partial charge >= 0.3 is 5.97 Å². The molecule has 0 aliphatic heterocycles. The van der Waals surface area contributed by atoms with Crippen LogP contribution < -0.4 is 0 Å². The number of nitrogens with zero attached hydrogens (tertiary/aromatic N) is 4. The van der Waals surface area contributed by atoms with Crippen LogP contribution in [-0.2, 0) is 36.7 Å². The number of ether oxygens (including phenoxy) is 1. The van der Waals surface area contributed by atoms with Crippen LogP contribution in [0.3, 0.4) is 0 Å². The van der Waals surface area contributed by atoms with E-state index in [-0.39, 0.29) is 19.0 Å². The first-order valence-corrected chi connectivity index (χ1v) is 9.71. The van der Waals surface area contributed by atoms with Crippen molar-refractivity contribution in [3.63, 3.8) is 0 Å². The largest absolute Gasteiger partial charge is 0.461 e. The van der Waals surface area contributed by atoms with E-state index < -0.39 is 0 Å². The molecule has 0 saturated heterocycles. The van der Waals surface area contributed by atoms with Crippen LogP contribution in [0.5, 0.6) is 0 Å². The lowest BCUT2D eigenvalue weighted by molar-refractivity contribution is -0.144. The second kappa shape index (κ2) is 7.89. The van der Waals surface area contributed by atoms with E-state index in [1.165, 1.54) is 0 Å². The Morgan fingerprint density at radius 2 is 1.90 bits per heavy atom. The first kappa shape index (κ1) is 19.5. The van der Waals surface area contributed by atoms with E-state index in [0.717, 1.165) is 27.7 Å². The number of aryl methyl sites for hydroxylation is 2. The van der Waals surface area contributed by atoms with Crippen molar-refractivity contribution < 1.29 is 9.53 Å². The third-order valence-corrected chi connectivity index (χ3v) is 5.27. The fourth-order valence-corrected chi connectivity index (χ4v) is 3.67. The van der Waals surface area contributed by atoms with Crippen LogP contribution in [0.15, 0.2) is 48.7 Å². The van der Waals surface area contributed by atoms with Crippen molar-refractivity contribution in [3.05, 3.63) is 70.0 Å². The normalized spacial score (nSPS) is 11.2. The van der Waals surface area contributed by atoms with E-state index >= 15 is 0 Å². The van der Waals surface area contributed by atoms with Crippen LogP contribution in [0.1, 0.15) is 11.3 Å². The number of rotatable bonds is 5. The molecule has 148 valence electrons. The molecule has 0 atom stereocenters. The average Bonchev–Trinajstić information content (AvgIpc) is 3.23. The van der Waals surface area contributed by atoms with Crippen LogP contribution in [0.25, 0.3) is 22.2 Å². The van der Waals surface area contributed by atoms with Gasteiger partial charge in [-0.15, -0.1) is 0 Å². The van der Waals surface area contributed by atoms with E-state index in [0.29, 0.717) is 15.7 Å². The molecule has 2 aromatic heterocycles. The second-order valence-electron chi connectivity index (χ2n) is 6.77. The molecular formula is C21H18Cl2N4O2. The number of carbonyl (C=O) groups excluding carboxylic acids is 1. The van der Waals surface area contributed by atoms with Crippen LogP contribution >= 0.6 is 23.2 Å². The maximum atomic E-state index is 12.3. The minimum atomic E-state index is -0.326. The number of fused-ring (bicyclic) bond motifs is 1. The Labute approximate surface area is 177 Å². The highest BCUT2D eigenvalue weighted by Gasteiger charge is 2.14. The molecule has 4 rings (SSSR count). The highest BCUT2D eigenvalue weighted by Crippen LogP contribution is 2.30. The van der Waals surface area contributed by atoms with Crippen LogP contribution in [0.4, 0.5) is 0 Å². The molecule has 0 N–H and O–H groups in total. The van der Waals surface area contributed by atoms with Gasteiger partial charge in [0.15, 0.2) is 0 Å². The summed E-state index contributed by atoms with van der Waals surface area (Å²) < 4.78 is 8.91. The Bertz CT molecular complexity index is 1210. The van der Waals surface area contributed by atoms with Gasteiger partial charge in [-0.25, -0.2) is 0 Å². The second-order valence-corrected chi connectivity index (χ2v) is 7.61. The number of benzene rings is 2. The number of halogens is 2. The van der Waals surface area contributed by atoms with Crippen molar-refractivity contribution in [2.45, 2.75) is 13.0 Å². The standard InChI is InChI=1S/C21H18Cl2N4O2/c1-26-16(9-19(25-26)17-5-4-15(22)8-18(17)23)10-21(28)29-12-13-3-6-20-14(7-13)11-24-27(20)2/h3-9,11H,10,12H2,1-2H3. The fraction of sp³-hybridized carbons (Fsp3) is 0.190. The van der Waals surface area contributed by atoms with Crippen LogP contribution in [0.2, 0.25) is 10.0 Å². The summed E-state index contributed by atoms with van der Waals surface area (Å²) in [6.07, 6.45) is 1.91. The molecule has 2 aromatic carbocycles. The highest BCUT2D eigenvalue weighted by molar-refractivity contribution is 6.36. The van der Waals surface area contributed by atoms with Crippen molar-refractivity contribution in [2.75, 3.05) is 0 Å². The summed E-state index contributed by atoms with van der Waals surface area (Å²) >= 11 is 12.2. The van der Waals surface area contributed by atoms with Crippen LogP contribution in [-0.4, -0.2) is 25.5 Å². The molecule has 0 fully saturated rings. The Morgan fingerprint density at radius 3 is 2.69 bits per heavy atom. The Hall–Kier alpha value is -2.83. The summed E-state index contributed by atoms with van der Waals surface area (Å²) in [6, 6.07) is 12.9. The molecule has 0 spiro atoms. The summed E-state index contributed by atoms with van der Waals surface area (Å²) in [5.41, 5.74) is 4.12. The molecule has 8 heteroatoms. The van der Waals surface area contributed by atoms with E-state index in [2.05, 4.69) is 10.2 Å². The van der Waals surface area contributed by atoms with Gasteiger partial charge in [0, 0.05) is 35.8 Å². The zero-order chi connectivity index (χ0) is 20.5. The van der Waals surface area contributed by atoms with Gasteiger partial charge in [-0.2, -0.15) is 10.2 Å². The summed E-state index contributed by atoms with van der Waals surface area (Å²) in [4.78, 5) is 12.3. The minimum Gasteiger partial charge on any atom is -0.461 e. The van der Waals surface area contributed by atoms with Crippen molar-refractivity contribution in [3.8, 4) is 11.3 Å². The van der Waals surface area contributed by atoms with E-state index in [1.807, 2.05) is 37.4 Å². The molecule has 0 saturated carbocycles. The SMILES string of the molecule is Cn1nc(-c2ccc(Cl)cc2Cl)cc1CC(=O)OCc1ccc2c(cnn2C)c1.